The molecule has 0 aliphatic carbocycles. The summed E-state index contributed by atoms with van der Waals surface area (Å²) in [6.45, 7) is 0.508. The molecule has 0 saturated heterocycles. The first kappa shape index (κ1) is 13.1. The van der Waals surface area contributed by atoms with Crippen LogP contribution in [-0.4, -0.2) is 9.55 Å². The Labute approximate surface area is 126 Å². The fourth-order valence-corrected chi connectivity index (χ4v) is 2.50. The second-order valence-electron chi connectivity index (χ2n) is 4.49. The van der Waals surface area contributed by atoms with Gasteiger partial charge in [0.1, 0.15) is 0 Å². The molecule has 0 unspecified atom stereocenters. The molecule has 3 rings (SSSR count). The predicted octanol–water partition coefficient (Wildman–Crippen LogP) is 3.76. The van der Waals surface area contributed by atoms with Crippen LogP contribution in [-0.2, 0) is 6.54 Å². The normalized spacial score (nSPS) is 10.7. The van der Waals surface area contributed by atoms with Gasteiger partial charge in [0, 0.05) is 16.6 Å². The van der Waals surface area contributed by atoms with Crippen LogP contribution in [0.3, 0.4) is 0 Å². The molecule has 0 aliphatic heterocycles. The van der Waals surface area contributed by atoms with Crippen LogP contribution in [0, 0.1) is 0 Å². The molecule has 0 radical (unpaired) electrons. The van der Waals surface area contributed by atoms with E-state index in [4.69, 9.17) is 5.73 Å². The van der Waals surface area contributed by atoms with E-state index in [1.165, 1.54) is 0 Å². The predicted molar refractivity (Wildman–Crippen MR) is 84.6 cm³/mol. The summed E-state index contributed by atoms with van der Waals surface area (Å²) in [6.07, 6.45) is 3.70. The zero-order chi connectivity index (χ0) is 13.9. The molecule has 4 heteroatoms. The van der Waals surface area contributed by atoms with Gasteiger partial charge in [-0.1, -0.05) is 46.3 Å². The van der Waals surface area contributed by atoms with Crippen LogP contribution in [0.5, 0.6) is 0 Å². The Kier molecular flexibility index (Phi) is 3.67. The number of halogens is 1. The molecule has 0 spiro atoms. The van der Waals surface area contributed by atoms with Crippen LogP contribution < -0.4 is 5.73 Å². The average molecular weight is 328 g/mol. The summed E-state index contributed by atoms with van der Waals surface area (Å²) in [7, 11) is 0. The zero-order valence-corrected chi connectivity index (χ0v) is 12.4. The third kappa shape index (κ3) is 2.40. The number of para-hydroxylation sites is 1. The highest BCUT2D eigenvalue weighted by molar-refractivity contribution is 9.10. The fraction of sp³-hybridized carbons (Fsp3) is 0.0625. The van der Waals surface area contributed by atoms with Crippen molar-refractivity contribution in [3.05, 3.63) is 71.1 Å². The van der Waals surface area contributed by atoms with E-state index in [1.54, 1.807) is 0 Å². The lowest BCUT2D eigenvalue weighted by molar-refractivity contribution is 0.987. The van der Waals surface area contributed by atoms with Crippen LogP contribution >= 0.6 is 15.9 Å². The van der Waals surface area contributed by atoms with Crippen molar-refractivity contribution in [1.29, 1.82) is 0 Å². The van der Waals surface area contributed by atoms with E-state index < -0.39 is 0 Å². The van der Waals surface area contributed by atoms with Crippen molar-refractivity contribution < 1.29 is 0 Å². The largest absolute Gasteiger partial charge is 0.326 e. The van der Waals surface area contributed by atoms with Crippen molar-refractivity contribution in [2.45, 2.75) is 6.54 Å². The molecule has 100 valence electrons. The molecule has 1 heterocycles. The van der Waals surface area contributed by atoms with Gasteiger partial charge in [-0.25, -0.2) is 4.98 Å². The van der Waals surface area contributed by atoms with E-state index in [0.717, 1.165) is 27.0 Å². The minimum Gasteiger partial charge on any atom is -0.326 e. The second-order valence-corrected chi connectivity index (χ2v) is 5.40. The number of hydrogen-bond donors (Lipinski definition) is 1. The SMILES string of the molecule is NCc1ccccc1-n1cncc1-c1ccc(Br)cc1. The number of nitrogens with zero attached hydrogens (tertiary/aromatic N) is 2. The monoisotopic (exact) mass is 327 g/mol. The summed E-state index contributed by atoms with van der Waals surface area (Å²) >= 11 is 3.46. The maximum Gasteiger partial charge on any atom is 0.0997 e. The summed E-state index contributed by atoms with van der Waals surface area (Å²) in [4.78, 5) is 4.28. The molecule has 0 fully saturated rings. The highest BCUT2D eigenvalue weighted by atomic mass is 79.9. The lowest BCUT2D eigenvalue weighted by Gasteiger charge is -2.12. The third-order valence-electron chi connectivity index (χ3n) is 3.25. The number of benzene rings is 2. The maximum atomic E-state index is 5.83. The maximum absolute atomic E-state index is 5.83. The summed E-state index contributed by atoms with van der Waals surface area (Å²) in [5, 5.41) is 0. The molecule has 1 aromatic heterocycles. The van der Waals surface area contributed by atoms with Crippen molar-refractivity contribution in [3.8, 4) is 16.9 Å². The van der Waals surface area contributed by atoms with Gasteiger partial charge in [0.25, 0.3) is 0 Å². The van der Waals surface area contributed by atoms with E-state index in [-0.39, 0.29) is 0 Å². The third-order valence-corrected chi connectivity index (χ3v) is 3.78. The van der Waals surface area contributed by atoms with Gasteiger partial charge in [-0.05, 0) is 23.8 Å². The Bertz CT molecular complexity index is 717. The first-order chi connectivity index (χ1) is 9.79. The lowest BCUT2D eigenvalue weighted by Crippen LogP contribution is -2.04. The molecule has 2 aromatic carbocycles. The van der Waals surface area contributed by atoms with Gasteiger partial charge in [0.15, 0.2) is 0 Å². The smallest absolute Gasteiger partial charge is 0.0997 e. The van der Waals surface area contributed by atoms with Gasteiger partial charge >= 0.3 is 0 Å². The summed E-state index contributed by atoms with van der Waals surface area (Å²) in [6, 6.07) is 16.3. The first-order valence-corrected chi connectivity index (χ1v) is 7.15. The van der Waals surface area contributed by atoms with E-state index >= 15 is 0 Å². The number of imidazole rings is 1. The summed E-state index contributed by atoms with van der Waals surface area (Å²) in [5.74, 6) is 0. The molecule has 0 amide bonds. The highest BCUT2D eigenvalue weighted by Gasteiger charge is 2.09. The van der Waals surface area contributed by atoms with Crippen LogP contribution in [0.1, 0.15) is 5.56 Å². The minimum absolute atomic E-state index is 0.508. The topological polar surface area (TPSA) is 43.8 Å². The minimum atomic E-state index is 0.508. The van der Waals surface area contributed by atoms with E-state index in [0.29, 0.717) is 6.54 Å². The van der Waals surface area contributed by atoms with Crippen molar-refractivity contribution >= 4 is 15.9 Å². The molecule has 3 nitrogen and oxygen atoms in total. The van der Waals surface area contributed by atoms with E-state index in [9.17, 15) is 0 Å². The van der Waals surface area contributed by atoms with Gasteiger partial charge < -0.3 is 5.73 Å². The standard InChI is InChI=1S/C16H14BrN3/c17-14-7-5-12(6-8-14)16-10-19-11-20(16)15-4-2-1-3-13(15)9-18/h1-8,10-11H,9,18H2. The molecule has 0 atom stereocenters. The molecular weight excluding hydrogens is 314 g/mol. The number of nitrogens with two attached hydrogens (primary N) is 1. The molecule has 2 N–H and O–H groups in total. The second kappa shape index (κ2) is 5.61. The van der Waals surface area contributed by atoms with E-state index in [2.05, 4.69) is 43.7 Å². The van der Waals surface area contributed by atoms with Crippen molar-refractivity contribution in [2.24, 2.45) is 5.73 Å². The van der Waals surface area contributed by atoms with Crippen molar-refractivity contribution in [3.63, 3.8) is 0 Å². The Balaban J connectivity index is 2.13. The average Bonchev–Trinajstić information content (AvgIpc) is 2.97. The van der Waals surface area contributed by atoms with Gasteiger partial charge in [-0.3, -0.25) is 4.57 Å². The van der Waals surface area contributed by atoms with Crippen molar-refractivity contribution in [1.82, 2.24) is 9.55 Å². The molecule has 0 aliphatic rings. The summed E-state index contributed by atoms with van der Waals surface area (Å²) in [5.41, 5.74) is 10.2. The molecule has 20 heavy (non-hydrogen) atoms. The number of hydrogen-bond acceptors (Lipinski definition) is 2. The van der Waals surface area contributed by atoms with Crippen LogP contribution in [0.25, 0.3) is 16.9 Å². The van der Waals surface area contributed by atoms with Gasteiger partial charge in [-0.2, -0.15) is 0 Å². The Hall–Kier alpha value is -1.91. The van der Waals surface area contributed by atoms with Gasteiger partial charge in [0.2, 0.25) is 0 Å². The van der Waals surface area contributed by atoms with Crippen LogP contribution in [0.4, 0.5) is 0 Å². The number of aromatic nitrogens is 2. The van der Waals surface area contributed by atoms with Gasteiger partial charge in [0.05, 0.1) is 23.9 Å². The highest BCUT2D eigenvalue weighted by Crippen LogP contribution is 2.25. The van der Waals surface area contributed by atoms with E-state index in [1.807, 2.05) is 42.9 Å². The Morgan fingerprint density at radius 2 is 1.80 bits per heavy atom. The fourth-order valence-electron chi connectivity index (χ4n) is 2.24. The molecule has 0 saturated carbocycles. The molecule has 0 bridgehead atoms. The quantitative estimate of drug-likeness (QED) is 0.795. The van der Waals surface area contributed by atoms with Crippen molar-refractivity contribution in [2.75, 3.05) is 0 Å². The number of rotatable bonds is 3. The Morgan fingerprint density at radius 3 is 2.55 bits per heavy atom. The molecular formula is C16H14BrN3. The van der Waals surface area contributed by atoms with Gasteiger partial charge in [-0.15, -0.1) is 0 Å². The first-order valence-electron chi connectivity index (χ1n) is 6.36. The van der Waals surface area contributed by atoms with Crippen LogP contribution in [0.2, 0.25) is 0 Å². The zero-order valence-electron chi connectivity index (χ0n) is 10.8. The molecule has 3 aromatic rings. The summed E-state index contributed by atoms with van der Waals surface area (Å²) < 4.78 is 3.14. The Morgan fingerprint density at radius 1 is 1.05 bits per heavy atom. The van der Waals surface area contributed by atoms with Crippen LogP contribution in [0.15, 0.2) is 65.5 Å². The lowest BCUT2D eigenvalue weighted by atomic mass is 10.1.